The highest BCUT2D eigenvalue weighted by Gasteiger charge is 2.07. The summed E-state index contributed by atoms with van der Waals surface area (Å²) in [6.07, 6.45) is 0.864. The van der Waals surface area contributed by atoms with Crippen LogP contribution in [0.3, 0.4) is 0 Å². The fourth-order valence-electron chi connectivity index (χ4n) is 1.56. The lowest BCUT2D eigenvalue weighted by molar-refractivity contribution is 0.305. The number of rotatable bonds is 5. The van der Waals surface area contributed by atoms with Gasteiger partial charge in [-0.15, -0.1) is 0 Å². The Kier molecular flexibility index (Phi) is 5.16. The van der Waals surface area contributed by atoms with Crippen LogP contribution in [0, 0.1) is 13.8 Å². The Morgan fingerprint density at radius 1 is 1.12 bits per heavy atom. The van der Waals surface area contributed by atoms with Crippen LogP contribution in [0.2, 0.25) is 5.15 Å². The lowest BCUT2D eigenvalue weighted by Crippen LogP contribution is -2.26. The molecule has 1 aromatic heterocycles. The molecule has 0 unspecified atom stereocenters. The Hall–Kier alpha value is -0.670. The van der Waals surface area contributed by atoms with Crippen molar-refractivity contribution in [1.82, 2.24) is 14.9 Å². The molecule has 0 bridgehead atoms. The molecule has 0 amide bonds. The van der Waals surface area contributed by atoms with E-state index in [1.807, 2.05) is 13.8 Å². The van der Waals surface area contributed by atoms with Gasteiger partial charge in [0.15, 0.2) is 0 Å². The lowest BCUT2D eigenvalue weighted by Gasteiger charge is -2.17. The summed E-state index contributed by atoms with van der Waals surface area (Å²) in [5, 5.41) is 0.585. The zero-order chi connectivity index (χ0) is 12.1. The van der Waals surface area contributed by atoms with Crippen LogP contribution in [-0.4, -0.2) is 34.5 Å². The Morgan fingerprint density at radius 3 is 2.25 bits per heavy atom. The molecule has 0 aliphatic rings. The van der Waals surface area contributed by atoms with Crippen molar-refractivity contribution < 1.29 is 0 Å². The first-order valence-corrected chi connectivity index (χ1v) is 6.18. The van der Waals surface area contributed by atoms with Gasteiger partial charge in [0, 0.05) is 24.2 Å². The second-order valence-corrected chi connectivity index (χ2v) is 4.28. The van der Waals surface area contributed by atoms with E-state index in [2.05, 4.69) is 28.7 Å². The number of hydrogen-bond donors (Lipinski definition) is 0. The molecule has 4 heteroatoms. The molecule has 0 radical (unpaired) electrons. The van der Waals surface area contributed by atoms with Gasteiger partial charge in [-0.25, -0.2) is 9.97 Å². The van der Waals surface area contributed by atoms with Gasteiger partial charge in [0.1, 0.15) is 11.0 Å². The van der Waals surface area contributed by atoms with E-state index < -0.39 is 0 Å². The number of hydrogen-bond acceptors (Lipinski definition) is 3. The van der Waals surface area contributed by atoms with Crippen LogP contribution in [-0.2, 0) is 6.42 Å². The minimum atomic E-state index is 0.585. The van der Waals surface area contributed by atoms with Gasteiger partial charge in [-0.05, 0) is 26.9 Å². The first kappa shape index (κ1) is 13.4. The van der Waals surface area contributed by atoms with Gasteiger partial charge in [0.05, 0.1) is 0 Å². The molecule has 1 rings (SSSR count). The van der Waals surface area contributed by atoms with E-state index in [1.54, 1.807) is 0 Å². The van der Waals surface area contributed by atoms with E-state index in [4.69, 9.17) is 11.6 Å². The monoisotopic (exact) mass is 241 g/mol. The molecule has 90 valence electrons. The van der Waals surface area contributed by atoms with Gasteiger partial charge in [0.25, 0.3) is 0 Å². The molecule has 0 aliphatic carbocycles. The summed E-state index contributed by atoms with van der Waals surface area (Å²) in [6.45, 7) is 11.4. The maximum atomic E-state index is 6.04. The van der Waals surface area contributed by atoms with E-state index in [0.717, 1.165) is 43.1 Å². The molecule has 0 N–H and O–H groups in total. The fraction of sp³-hybridized carbons (Fsp3) is 0.667. The molecule has 1 aromatic rings. The van der Waals surface area contributed by atoms with Crippen molar-refractivity contribution in [3.63, 3.8) is 0 Å². The van der Waals surface area contributed by atoms with Crippen molar-refractivity contribution in [1.29, 1.82) is 0 Å². The Morgan fingerprint density at radius 2 is 1.75 bits per heavy atom. The highest BCUT2D eigenvalue weighted by molar-refractivity contribution is 6.30. The third-order valence-electron chi connectivity index (χ3n) is 2.92. The van der Waals surface area contributed by atoms with Crippen LogP contribution < -0.4 is 0 Å². The van der Waals surface area contributed by atoms with Gasteiger partial charge < -0.3 is 4.90 Å². The van der Waals surface area contributed by atoms with Crippen LogP contribution in [0.1, 0.15) is 30.9 Å². The van der Waals surface area contributed by atoms with E-state index >= 15 is 0 Å². The smallest absolute Gasteiger partial charge is 0.135 e. The van der Waals surface area contributed by atoms with E-state index in [1.165, 1.54) is 0 Å². The maximum Gasteiger partial charge on any atom is 0.135 e. The summed E-state index contributed by atoms with van der Waals surface area (Å²) in [5.74, 6) is 0.847. The predicted octanol–water partition coefficient (Wildman–Crippen LogP) is 2.63. The molecule has 3 nitrogen and oxygen atoms in total. The van der Waals surface area contributed by atoms with Gasteiger partial charge >= 0.3 is 0 Å². The zero-order valence-electron chi connectivity index (χ0n) is 10.5. The highest BCUT2D eigenvalue weighted by Crippen LogP contribution is 2.14. The molecule has 1 heterocycles. The Balaban J connectivity index is 2.68. The fourth-order valence-corrected chi connectivity index (χ4v) is 1.79. The summed E-state index contributed by atoms with van der Waals surface area (Å²) in [4.78, 5) is 11.1. The van der Waals surface area contributed by atoms with E-state index in [0.29, 0.717) is 5.15 Å². The van der Waals surface area contributed by atoms with Crippen molar-refractivity contribution in [3.05, 3.63) is 22.2 Å². The molecule has 16 heavy (non-hydrogen) atoms. The number of likely N-dealkylation sites (N-methyl/N-ethyl adjacent to an activating group) is 1. The molecule has 0 saturated heterocycles. The average Bonchev–Trinajstić information content (AvgIpc) is 2.27. The number of aromatic nitrogens is 2. The molecule has 0 aliphatic heterocycles. The molecule has 0 atom stereocenters. The summed E-state index contributed by atoms with van der Waals surface area (Å²) < 4.78 is 0. The summed E-state index contributed by atoms with van der Waals surface area (Å²) >= 11 is 6.04. The van der Waals surface area contributed by atoms with Gasteiger partial charge in [-0.3, -0.25) is 0 Å². The van der Waals surface area contributed by atoms with Crippen molar-refractivity contribution >= 4 is 11.6 Å². The van der Waals surface area contributed by atoms with E-state index in [-0.39, 0.29) is 0 Å². The highest BCUT2D eigenvalue weighted by atomic mass is 35.5. The van der Waals surface area contributed by atoms with Crippen LogP contribution in [0.4, 0.5) is 0 Å². The molecule has 0 spiro atoms. The van der Waals surface area contributed by atoms with Crippen LogP contribution in [0.25, 0.3) is 0 Å². The number of aryl methyl sites for hydroxylation is 1. The lowest BCUT2D eigenvalue weighted by atomic mass is 10.2. The first-order valence-electron chi connectivity index (χ1n) is 5.80. The third-order valence-corrected chi connectivity index (χ3v) is 3.29. The van der Waals surface area contributed by atoms with Crippen LogP contribution in [0.5, 0.6) is 0 Å². The van der Waals surface area contributed by atoms with Gasteiger partial charge in [-0.1, -0.05) is 25.4 Å². The minimum Gasteiger partial charge on any atom is -0.303 e. The Labute approximate surface area is 103 Å². The summed E-state index contributed by atoms with van der Waals surface area (Å²) in [6, 6.07) is 0. The van der Waals surface area contributed by atoms with E-state index in [9.17, 15) is 0 Å². The standard InChI is InChI=1S/C12H20ClN3/c1-5-16(6-2)8-7-11-14-10(4)9(3)12(13)15-11/h5-8H2,1-4H3. The zero-order valence-corrected chi connectivity index (χ0v) is 11.3. The predicted molar refractivity (Wildman–Crippen MR) is 68.0 cm³/mol. The average molecular weight is 242 g/mol. The van der Waals surface area contributed by atoms with Crippen molar-refractivity contribution in [2.24, 2.45) is 0 Å². The van der Waals surface area contributed by atoms with Gasteiger partial charge in [-0.2, -0.15) is 0 Å². The molecule has 0 fully saturated rings. The van der Waals surface area contributed by atoms with Crippen molar-refractivity contribution in [2.45, 2.75) is 34.1 Å². The Bertz CT molecular complexity index is 325. The molecular weight excluding hydrogens is 222 g/mol. The first-order chi connectivity index (χ1) is 7.58. The second kappa shape index (κ2) is 6.16. The van der Waals surface area contributed by atoms with Crippen LogP contribution >= 0.6 is 11.6 Å². The quantitative estimate of drug-likeness (QED) is 0.743. The normalized spacial score (nSPS) is 11.1. The SMILES string of the molecule is CCN(CC)CCc1nc(C)c(C)c(Cl)n1. The summed E-state index contributed by atoms with van der Waals surface area (Å²) in [5.41, 5.74) is 1.96. The molecule has 0 aromatic carbocycles. The molecule has 0 saturated carbocycles. The third kappa shape index (κ3) is 3.42. The second-order valence-electron chi connectivity index (χ2n) is 3.92. The number of nitrogens with zero attached hydrogens (tertiary/aromatic N) is 3. The van der Waals surface area contributed by atoms with Gasteiger partial charge in [0.2, 0.25) is 0 Å². The van der Waals surface area contributed by atoms with Crippen molar-refractivity contribution in [3.8, 4) is 0 Å². The van der Waals surface area contributed by atoms with Crippen molar-refractivity contribution in [2.75, 3.05) is 19.6 Å². The largest absolute Gasteiger partial charge is 0.303 e. The molecular formula is C12H20ClN3. The summed E-state index contributed by atoms with van der Waals surface area (Å²) in [7, 11) is 0. The van der Waals surface area contributed by atoms with Crippen LogP contribution in [0.15, 0.2) is 0 Å². The minimum absolute atomic E-state index is 0.585. The topological polar surface area (TPSA) is 29.0 Å². The number of halogens is 1. The maximum absolute atomic E-state index is 6.04.